The fourth-order valence-electron chi connectivity index (χ4n) is 2.68. The van der Waals surface area contributed by atoms with Gasteiger partial charge in [-0.3, -0.25) is 4.79 Å². The first-order valence-corrected chi connectivity index (χ1v) is 8.11. The monoisotopic (exact) mass is 321 g/mol. The van der Waals surface area contributed by atoms with Crippen LogP contribution in [0, 0.1) is 0 Å². The summed E-state index contributed by atoms with van der Waals surface area (Å²) in [6, 6.07) is 7.91. The number of anilines is 1. The van der Waals surface area contributed by atoms with Crippen LogP contribution in [0.4, 0.5) is 5.69 Å². The average molecular weight is 321 g/mol. The van der Waals surface area contributed by atoms with E-state index in [4.69, 9.17) is 15.2 Å². The lowest BCUT2D eigenvalue weighted by molar-refractivity contribution is -0.131. The van der Waals surface area contributed by atoms with Crippen molar-refractivity contribution in [2.75, 3.05) is 51.4 Å². The molecule has 0 saturated carbocycles. The van der Waals surface area contributed by atoms with Crippen LogP contribution >= 0.6 is 0 Å². The van der Waals surface area contributed by atoms with Crippen LogP contribution in [0.15, 0.2) is 24.3 Å². The lowest BCUT2D eigenvalue weighted by Crippen LogP contribution is -2.49. The smallest absolute Gasteiger partial charge is 0.224 e. The van der Waals surface area contributed by atoms with Gasteiger partial charge in [0.25, 0.3) is 0 Å². The minimum absolute atomic E-state index is 0.0876. The van der Waals surface area contributed by atoms with Gasteiger partial charge in [0, 0.05) is 45.8 Å². The first-order valence-electron chi connectivity index (χ1n) is 8.11. The van der Waals surface area contributed by atoms with E-state index in [2.05, 4.69) is 11.0 Å². The third-order valence-corrected chi connectivity index (χ3v) is 3.88. The molecule has 0 spiro atoms. The van der Waals surface area contributed by atoms with E-state index in [-0.39, 0.29) is 11.9 Å². The molecular formula is C17H27N3O3. The lowest BCUT2D eigenvalue weighted by atomic mass is 10.2. The second kappa shape index (κ2) is 8.74. The number of nitrogens with two attached hydrogens (primary N) is 1. The second-order valence-corrected chi connectivity index (χ2v) is 5.86. The molecule has 0 aromatic heterocycles. The topological polar surface area (TPSA) is 68.0 Å². The molecule has 1 heterocycles. The zero-order valence-electron chi connectivity index (χ0n) is 14.0. The first kappa shape index (κ1) is 17.6. The van der Waals surface area contributed by atoms with Crippen LogP contribution in [0.1, 0.15) is 13.3 Å². The van der Waals surface area contributed by atoms with E-state index < -0.39 is 0 Å². The van der Waals surface area contributed by atoms with Gasteiger partial charge in [-0.05, 0) is 19.1 Å². The summed E-state index contributed by atoms with van der Waals surface area (Å²) >= 11 is 0. The first-order chi connectivity index (χ1) is 11.1. The van der Waals surface area contributed by atoms with Crippen LogP contribution in [0.2, 0.25) is 0 Å². The Hall–Kier alpha value is -1.79. The Bertz CT molecular complexity index is 500. The van der Waals surface area contributed by atoms with Crippen molar-refractivity contribution in [3.8, 4) is 5.75 Å². The Kier molecular flexibility index (Phi) is 6.67. The predicted molar refractivity (Wildman–Crippen MR) is 90.9 cm³/mol. The third kappa shape index (κ3) is 5.11. The van der Waals surface area contributed by atoms with Gasteiger partial charge in [-0.2, -0.15) is 0 Å². The van der Waals surface area contributed by atoms with Crippen molar-refractivity contribution >= 4 is 11.6 Å². The van der Waals surface area contributed by atoms with E-state index in [9.17, 15) is 4.79 Å². The number of para-hydroxylation sites is 2. The molecule has 1 amide bonds. The van der Waals surface area contributed by atoms with Gasteiger partial charge >= 0.3 is 0 Å². The Balaban J connectivity index is 1.93. The van der Waals surface area contributed by atoms with Crippen molar-refractivity contribution in [3.05, 3.63) is 24.3 Å². The van der Waals surface area contributed by atoms with E-state index in [1.807, 2.05) is 30.0 Å². The molecule has 6 nitrogen and oxygen atoms in total. The van der Waals surface area contributed by atoms with E-state index in [1.165, 1.54) is 0 Å². The van der Waals surface area contributed by atoms with E-state index in [1.54, 1.807) is 7.11 Å². The number of benzene rings is 1. The number of carbonyl (C=O) groups excluding carboxylic acids is 1. The number of hydrogen-bond donors (Lipinski definition) is 1. The van der Waals surface area contributed by atoms with Gasteiger partial charge in [0.15, 0.2) is 0 Å². The summed E-state index contributed by atoms with van der Waals surface area (Å²) in [6.07, 6.45) is 0.413. The Morgan fingerprint density at radius 2 is 1.91 bits per heavy atom. The van der Waals surface area contributed by atoms with Crippen LogP contribution in [0.3, 0.4) is 0 Å². The number of rotatable bonds is 7. The van der Waals surface area contributed by atoms with Gasteiger partial charge in [-0.25, -0.2) is 0 Å². The highest BCUT2D eigenvalue weighted by Crippen LogP contribution is 2.28. The summed E-state index contributed by atoms with van der Waals surface area (Å²) < 4.78 is 10.8. The van der Waals surface area contributed by atoms with Crippen molar-refractivity contribution in [3.63, 3.8) is 0 Å². The highest BCUT2D eigenvalue weighted by atomic mass is 16.5. The van der Waals surface area contributed by atoms with Gasteiger partial charge in [-0.15, -0.1) is 0 Å². The number of carbonyl (C=O) groups is 1. The molecule has 0 aliphatic carbocycles. The van der Waals surface area contributed by atoms with Crippen molar-refractivity contribution in [2.45, 2.75) is 19.4 Å². The average Bonchev–Trinajstić information content (AvgIpc) is 2.55. The molecule has 0 radical (unpaired) electrons. The van der Waals surface area contributed by atoms with Gasteiger partial charge in [0.2, 0.25) is 5.91 Å². The summed E-state index contributed by atoms with van der Waals surface area (Å²) in [5, 5.41) is 0. The number of amides is 1. The Labute approximate surface area is 138 Å². The molecular weight excluding hydrogens is 294 g/mol. The second-order valence-electron chi connectivity index (χ2n) is 5.86. The van der Waals surface area contributed by atoms with Crippen LogP contribution < -0.4 is 15.4 Å². The molecule has 1 aromatic rings. The van der Waals surface area contributed by atoms with Crippen molar-refractivity contribution < 1.29 is 14.3 Å². The summed E-state index contributed by atoms with van der Waals surface area (Å²) in [7, 11) is 1.66. The normalized spacial score (nSPS) is 16.3. The summed E-state index contributed by atoms with van der Waals surface area (Å²) in [5.74, 6) is 1.00. The standard InChI is InChI=1S/C17H27N3O3/c1-14(18)13-17(21)20-9-7-19(8-10-20)15-5-3-4-6-16(15)23-12-11-22-2/h3-6,14H,7-13,18H2,1-2H3. The van der Waals surface area contributed by atoms with Crippen LogP contribution in [-0.4, -0.2) is 63.4 Å². The van der Waals surface area contributed by atoms with E-state index in [0.29, 0.717) is 19.6 Å². The molecule has 2 N–H and O–H groups in total. The number of methoxy groups -OCH3 is 1. The van der Waals surface area contributed by atoms with E-state index in [0.717, 1.165) is 37.6 Å². The van der Waals surface area contributed by atoms with Crippen molar-refractivity contribution in [2.24, 2.45) is 5.73 Å². The molecule has 1 unspecified atom stereocenters. The number of ether oxygens (including phenoxy) is 2. The maximum atomic E-state index is 12.1. The number of nitrogens with zero attached hydrogens (tertiary/aromatic N) is 2. The molecule has 1 aliphatic rings. The molecule has 1 fully saturated rings. The summed E-state index contributed by atoms with van der Waals surface area (Å²) in [4.78, 5) is 16.2. The molecule has 23 heavy (non-hydrogen) atoms. The van der Waals surface area contributed by atoms with Gasteiger partial charge in [-0.1, -0.05) is 12.1 Å². The highest BCUT2D eigenvalue weighted by Gasteiger charge is 2.23. The minimum atomic E-state index is -0.0876. The SMILES string of the molecule is COCCOc1ccccc1N1CCN(C(=O)CC(C)N)CC1. The molecule has 1 saturated heterocycles. The van der Waals surface area contributed by atoms with E-state index >= 15 is 0 Å². The Morgan fingerprint density at radius 1 is 1.22 bits per heavy atom. The summed E-state index contributed by atoms with van der Waals surface area (Å²) in [5.41, 5.74) is 6.78. The zero-order chi connectivity index (χ0) is 16.7. The maximum absolute atomic E-state index is 12.1. The molecule has 6 heteroatoms. The fourth-order valence-corrected chi connectivity index (χ4v) is 2.68. The molecule has 1 atom stereocenters. The van der Waals surface area contributed by atoms with Crippen molar-refractivity contribution in [1.29, 1.82) is 0 Å². The molecule has 1 aromatic carbocycles. The third-order valence-electron chi connectivity index (χ3n) is 3.88. The minimum Gasteiger partial charge on any atom is -0.489 e. The van der Waals surface area contributed by atoms with Crippen LogP contribution in [0.25, 0.3) is 0 Å². The molecule has 2 rings (SSSR count). The Morgan fingerprint density at radius 3 is 2.57 bits per heavy atom. The van der Waals surface area contributed by atoms with Crippen LogP contribution in [-0.2, 0) is 9.53 Å². The lowest BCUT2D eigenvalue weighted by Gasteiger charge is -2.37. The van der Waals surface area contributed by atoms with Gasteiger partial charge in [0.05, 0.1) is 12.3 Å². The molecule has 0 bridgehead atoms. The number of hydrogen-bond acceptors (Lipinski definition) is 5. The highest BCUT2D eigenvalue weighted by molar-refractivity contribution is 5.77. The quantitative estimate of drug-likeness (QED) is 0.762. The number of piperazine rings is 1. The molecule has 128 valence electrons. The van der Waals surface area contributed by atoms with Gasteiger partial charge < -0.3 is 25.0 Å². The maximum Gasteiger partial charge on any atom is 0.224 e. The van der Waals surface area contributed by atoms with Crippen LogP contribution in [0.5, 0.6) is 5.75 Å². The largest absolute Gasteiger partial charge is 0.489 e. The summed E-state index contributed by atoms with van der Waals surface area (Å²) in [6.45, 7) is 6.00. The van der Waals surface area contributed by atoms with Gasteiger partial charge in [0.1, 0.15) is 12.4 Å². The fraction of sp³-hybridized carbons (Fsp3) is 0.588. The molecule has 1 aliphatic heterocycles. The zero-order valence-corrected chi connectivity index (χ0v) is 14.0. The van der Waals surface area contributed by atoms with Crippen molar-refractivity contribution in [1.82, 2.24) is 4.90 Å². The predicted octanol–water partition coefficient (Wildman–Crippen LogP) is 1.10.